The van der Waals surface area contributed by atoms with E-state index in [9.17, 15) is 0 Å². The number of benzene rings is 1. The summed E-state index contributed by atoms with van der Waals surface area (Å²) in [6.07, 6.45) is 6.86. The molecule has 0 radical (unpaired) electrons. The number of rotatable bonds is 6. The Bertz CT molecular complexity index is 402. The van der Waals surface area contributed by atoms with Gasteiger partial charge in [-0.1, -0.05) is 35.3 Å². The molecule has 0 aliphatic heterocycles. The van der Waals surface area contributed by atoms with Gasteiger partial charge in [-0.2, -0.15) is 0 Å². The predicted octanol–water partition coefficient (Wildman–Crippen LogP) is 4.73. The molecule has 1 aliphatic carbocycles. The number of hydrogen-bond donors (Lipinski definition) is 0. The van der Waals surface area contributed by atoms with Gasteiger partial charge < -0.3 is 9.64 Å². The Labute approximate surface area is 131 Å². The summed E-state index contributed by atoms with van der Waals surface area (Å²) in [4.78, 5) is 2.48. The normalized spacial score (nSPS) is 23.0. The molecule has 1 aliphatic rings. The van der Waals surface area contributed by atoms with E-state index in [1.54, 1.807) is 0 Å². The second-order valence-electron chi connectivity index (χ2n) is 5.87. The lowest BCUT2D eigenvalue weighted by molar-refractivity contribution is 0.141. The molecule has 1 fully saturated rings. The fraction of sp³-hybridized carbons (Fsp3) is 0.647. The van der Waals surface area contributed by atoms with E-state index in [4.69, 9.17) is 4.74 Å². The van der Waals surface area contributed by atoms with E-state index in [0.29, 0.717) is 0 Å². The van der Waals surface area contributed by atoms with Gasteiger partial charge in [-0.3, -0.25) is 0 Å². The quantitative estimate of drug-likeness (QED) is 0.742. The van der Waals surface area contributed by atoms with E-state index < -0.39 is 0 Å². The largest absolute Gasteiger partial charge is 0.492 e. The summed E-state index contributed by atoms with van der Waals surface area (Å²) in [5, 5.41) is 0. The van der Waals surface area contributed by atoms with Crippen LogP contribution < -0.4 is 4.74 Å². The summed E-state index contributed by atoms with van der Waals surface area (Å²) in [7, 11) is 2.24. The van der Waals surface area contributed by atoms with Crippen LogP contribution in [0, 0.1) is 5.92 Å². The summed E-state index contributed by atoms with van der Waals surface area (Å²) >= 11 is 3.47. The maximum atomic E-state index is 5.82. The lowest BCUT2D eigenvalue weighted by atomic mass is 9.84. The first-order valence-electron chi connectivity index (χ1n) is 7.77. The molecule has 0 unspecified atom stereocenters. The number of hydrogen-bond acceptors (Lipinski definition) is 2. The Morgan fingerprint density at radius 1 is 1.25 bits per heavy atom. The van der Waals surface area contributed by atoms with Crippen molar-refractivity contribution in [2.24, 2.45) is 5.92 Å². The van der Waals surface area contributed by atoms with Crippen molar-refractivity contribution < 1.29 is 4.74 Å². The van der Waals surface area contributed by atoms with E-state index in [-0.39, 0.29) is 0 Å². The first kappa shape index (κ1) is 15.8. The van der Waals surface area contributed by atoms with E-state index in [1.807, 2.05) is 24.3 Å². The summed E-state index contributed by atoms with van der Waals surface area (Å²) in [6, 6.07) is 8.81. The molecule has 1 aromatic carbocycles. The lowest BCUT2D eigenvalue weighted by Gasteiger charge is -2.34. The van der Waals surface area contributed by atoms with Crippen molar-refractivity contribution in [2.45, 2.75) is 45.1 Å². The zero-order chi connectivity index (χ0) is 14.4. The molecule has 0 amide bonds. The second kappa shape index (κ2) is 8.04. The van der Waals surface area contributed by atoms with E-state index in [0.717, 1.165) is 35.3 Å². The van der Waals surface area contributed by atoms with Crippen LogP contribution in [0.25, 0.3) is 0 Å². The van der Waals surface area contributed by atoms with Crippen molar-refractivity contribution >= 4 is 15.9 Å². The Hall–Kier alpha value is -0.540. The minimum Gasteiger partial charge on any atom is -0.492 e. The standard InChI is InChI=1S/C17H26BrNO/c1-3-14-7-9-16(10-8-14)19(2)11-12-20-17-6-4-5-15(18)13-17/h4-6,13-14,16H,3,7-12H2,1-2H3. The summed E-state index contributed by atoms with van der Waals surface area (Å²) < 4.78 is 6.89. The molecule has 1 saturated carbocycles. The van der Waals surface area contributed by atoms with Crippen LogP contribution in [-0.2, 0) is 0 Å². The Morgan fingerprint density at radius 2 is 2.00 bits per heavy atom. The molecule has 0 N–H and O–H groups in total. The van der Waals surface area contributed by atoms with Gasteiger partial charge in [-0.15, -0.1) is 0 Å². The first-order valence-corrected chi connectivity index (χ1v) is 8.57. The third-order valence-electron chi connectivity index (χ3n) is 4.53. The highest BCUT2D eigenvalue weighted by atomic mass is 79.9. The molecule has 2 nitrogen and oxygen atoms in total. The highest BCUT2D eigenvalue weighted by Crippen LogP contribution is 2.28. The maximum Gasteiger partial charge on any atom is 0.120 e. The van der Waals surface area contributed by atoms with Crippen molar-refractivity contribution in [3.8, 4) is 5.75 Å². The zero-order valence-corrected chi connectivity index (χ0v) is 14.2. The minimum atomic E-state index is 0.754. The molecule has 0 atom stereocenters. The monoisotopic (exact) mass is 339 g/mol. The minimum absolute atomic E-state index is 0.754. The fourth-order valence-electron chi connectivity index (χ4n) is 3.04. The fourth-order valence-corrected chi connectivity index (χ4v) is 3.42. The molecule has 112 valence electrons. The molecule has 0 aromatic heterocycles. The zero-order valence-electron chi connectivity index (χ0n) is 12.6. The van der Waals surface area contributed by atoms with Gasteiger partial charge in [0.15, 0.2) is 0 Å². The van der Waals surface area contributed by atoms with Crippen LogP contribution in [-0.4, -0.2) is 31.1 Å². The van der Waals surface area contributed by atoms with Gasteiger partial charge in [0.05, 0.1) is 0 Å². The van der Waals surface area contributed by atoms with E-state index in [1.165, 1.54) is 32.1 Å². The van der Waals surface area contributed by atoms with Crippen LogP contribution in [0.5, 0.6) is 5.75 Å². The molecule has 0 saturated heterocycles. The van der Waals surface area contributed by atoms with Crippen molar-refractivity contribution in [3.05, 3.63) is 28.7 Å². The van der Waals surface area contributed by atoms with Crippen LogP contribution in [0.3, 0.4) is 0 Å². The van der Waals surface area contributed by atoms with Gasteiger partial charge >= 0.3 is 0 Å². The molecule has 0 bridgehead atoms. The van der Waals surface area contributed by atoms with E-state index >= 15 is 0 Å². The Balaban J connectivity index is 1.69. The van der Waals surface area contributed by atoms with Gasteiger partial charge in [0.2, 0.25) is 0 Å². The van der Waals surface area contributed by atoms with Crippen LogP contribution in [0.15, 0.2) is 28.7 Å². The van der Waals surface area contributed by atoms with Gasteiger partial charge in [0.25, 0.3) is 0 Å². The van der Waals surface area contributed by atoms with Crippen LogP contribution in [0.4, 0.5) is 0 Å². The molecule has 2 rings (SSSR count). The first-order chi connectivity index (χ1) is 9.69. The van der Waals surface area contributed by atoms with Gasteiger partial charge in [-0.05, 0) is 56.8 Å². The van der Waals surface area contributed by atoms with Gasteiger partial charge in [0, 0.05) is 17.1 Å². The molecular weight excluding hydrogens is 314 g/mol. The van der Waals surface area contributed by atoms with Crippen LogP contribution in [0.2, 0.25) is 0 Å². The average Bonchev–Trinajstić information content (AvgIpc) is 2.47. The van der Waals surface area contributed by atoms with Gasteiger partial charge in [0.1, 0.15) is 12.4 Å². The van der Waals surface area contributed by atoms with Crippen molar-refractivity contribution in [1.82, 2.24) is 4.90 Å². The molecule has 0 spiro atoms. The molecule has 20 heavy (non-hydrogen) atoms. The lowest BCUT2D eigenvalue weighted by Crippen LogP contribution is -2.37. The third-order valence-corrected chi connectivity index (χ3v) is 5.02. The van der Waals surface area contributed by atoms with Gasteiger partial charge in [-0.25, -0.2) is 0 Å². The van der Waals surface area contributed by atoms with Crippen molar-refractivity contribution in [2.75, 3.05) is 20.2 Å². The van der Waals surface area contributed by atoms with E-state index in [2.05, 4.69) is 34.8 Å². The topological polar surface area (TPSA) is 12.5 Å². The number of ether oxygens (including phenoxy) is 1. The molecule has 0 heterocycles. The third kappa shape index (κ3) is 4.78. The SMILES string of the molecule is CCC1CCC(N(C)CCOc2cccc(Br)c2)CC1. The second-order valence-corrected chi connectivity index (χ2v) is 6.78. The summed E-state index contributed by atoms with van der Waals surface area (Å²) in [6.45, 7) is 4.09. The maximum absolute atomic E-state index is 5.82. The smallest absolute Gasteiger partial charge is 0.120 e. The highest BCUT2D eigenvalue weighted by molar-refractivity contribution is 9.10. The highest BCUT2D eigenvalue weighted by Gasteiger charge is 2.22. The average molecular weight is 340 g/mol. The summed E-state index contributed by atoms with van der Waals surface area (Å²) in [5.41, 5.74) is 0. The van der Waals surface area contributed by atoms with Crippen molar-refractivity contribution in [1.29, 1.82) is 0 Å². The number of likely N-dealkylation sites (N-methyl/N-ethyl adjacent to an activating group) is 1. The summed E-state index contributed by atoms with van der Waals surface area (Å²) in [5.74, 6) is 1.92. The molecular formula is C17H26BrNO. The Morgan fingerprint density at radius 3 is 2.65 bits per heavy atom. The number of nitrogens with zero attached hydrogens (tertiary/aromatic N) is 1. The molecule has 3 heteroatoms. The predicted molar refractivity (Wildman–Crippen MR) is 88.3 cm³/mol. The number of halogens is 1. The van der Waals surface area contributed by atoms with Crippen LogP contribution in [0.1, 0.15) is 39.0 Å². The van der Waals surface area contributed by atoms with Crippen molar-refractivity contribution in [3.63, 3.8) is 0 Å². The molecule has 1 aromatic rings. The van der Waals surface area contributed by atoms with Crippen LogP contribution >= 0.6 is 15.9 Å². The Kier molecular flexibility index (Phi) is 6.37.